The van der Waals surface area contributed by atoms with E-state index in [1.165, 1.54) is 13.2 Å². The Morgan fingerprint density at radius 3 is 2.67 bits per heavy atom. The van der Waals surface area contributed by atoms with Crippen LogP contribution in [0.15, 0.2) is 42.5 Å². The van der Waals surface area contributed by atoms with Crippen molar-refractivity contribution in [3.8, 4) is 0 Å². The smallest absolute Gasteiger partial charge is 0.411 e. The number of nitrogens with one attached hydrogen (secondary N) is 2. The zero-order valence-corrected chi connectivity index (χ0v) is 11.9. The molecule has 0 bridgehead atoms. The van der Waals surface area contributed by atoms with Gasteiger partial charge in [0.05, 0.1) is 7.11 Å². The largest absolute Gasteiger partial charge is 0.453 e. The second-order valence-electron chi connectivity index (χ2n) is 4.63. The molecule has 110 valence electrons. The number of hydrogen-bond donors (Lipinski definition) is 2. The van der Waals surface area contributed by atoms with E-state index in [0.29, 0.717) is 17.8 Å². The number of amides is 1. The average Bonchev–Trinajstić information content (AvgIpc) is 2.49. The number of benzene rings is 2. The van der Waals surface area contributed by atoms with E-state index in [1.807, 2.05) is 12.1 Å². The van der Waals surface area contributed by atoms with Gasteiger partial charge in [-0.25, -0.2) is 9.18 Å². The Morgan fingerprint density at radius 2 is 1.95 bits per heavy atom. The van der Waals surface area contributed by atoms with E-state index in [1.54, 1.807) is 31.2 Å². The van der Waals surface area contributed by atoms with Crippen LogP contribution >= 0.6 is 0 Å². The molecule has 5 heteroatoms. The quantitative estimate of drug-likeness (QED) is 0.896. The van der Waals surface area contributed by atoms with Crippen LogP contribution in [0, 0.1) is 12.7 Å². The fraction of sp³-hybridized carbons (Fsp3) is 0.188. The first-order chi connectivity index (χ1) is 10.1. The lowest BCUT2D eigenvalue weighted by Gasteiger charge is -2.10. The second-order valence-corrected chi connectivity index (χ2v) is 4.63. The lowest BCUT2D eigenvalue weighted by Crippen LogP contribution is -2.11. The van der Waals surface area contributed by atoms with Crippen molar-refractivity contribution in [3.05, 3.63) is 59.4 Å². The van der Waals surface area contributed by atoms with Crippen molar-refractivity contribution in [2.24, 2.45) is 0 Å². The van der Waals surface area contributed by atoms with Crippen molar-refractivity contribution < 1.29 is 13.9 Å². The van der Waals surface area contributed by atoms with E-state index in [-0.39, 0.29) is 5.82 Å². The molecule has 0 fully saturated rings. The third-order valence-electron chi connectivity index (χ3n) is 3.01. The molecule has 0 unspecified atom stereocenters. The number of ether oxygens (including phenoxy) is 1. The van der Waals surface area contributed by atoms with Gasteiger partial charge in [0.1, 0.15) is 5.82 Å². The van der Waals surface area contributed by atoms with E-state index < -0.39 is 6.09 Å². The first-order valence-electron chi connectivity index (χ1n) is 6.52. The molecule has 21 heavy (non-hydrogen) atoms. The Balaban J connectivity index is 2.01. The van der Waals surface area contributed by atoms with Gasteiger partial charge in [0.25, 0.3) is 0 Å². The van der Waals surface area contributed by atoms with Crippen LogP contribution in [0.5, 0.6) is 0 Å². The van der Waals surface area contributed by atoms with Gasteiger partial charge in [-0.05, 0) is 42.3 Å². The zero-order valence-electron chi connectivity index (χ0n) is 11.9. The van der Waals surface area contributed by atoms with Gasteiger partial charge in [0, 0.05) is 17.9 Å². The first kappa shape index (κ1) is 14.8. The Morgan fingerprint density at radius 1 is 1.19 bits per heavy atom. The highest BCUT2D eigenvalue weighted by Gasteiger charge is 2.02. The number of carbonyl (C=O) groups is 1. The first-order valence-corrected chi connectivity index (χ1v) is 6.52. The predicted octanol–water partition coefficient (Wildman–Crippen LogP) is 3.92. The summed E-state index contributed by atoms with van der Waals surface area (Å²) in [5.74, 6) is -0.206. The van der Waals surface area contributed by atoms with Crippen molar-refractivity contribution in [2.75, 3.05) is 17.7 Å². The van der Waals surface area contributed by atoms with E-state index in [0.717, 1.165) is 11.3 Å². The predicted molar refractivity (Wildman–Crippen MR) is 80.9 cm³/mol. The molecule has 0 radical (unpaired) electrons. The Hall–Kier alpha value is -2.56. The van der Waals surface area contributed by atoms with Crippen LogP contribution in [0.4, 0.5) is 20.6 Å². The normalized spacial score (nSPS) is 10.0. The summed E-state index contributed by atoms with van der Waals surface area (Å²) in [5, 5.41) is 5.82. The summed E-state index contributed by atoms with van der Waals surface area (Å²) in [6.45, 7) is 2.31. The molecule has 0 spiro atoms. The summed E-state index contributed by atoms with van der Waals surface area (Å²) in [6.07, 6.45) is -0.513. The zero-order chi connectivity index (χ0) is 15.2. The van der Waals surface area contributed by atoms with Gasteiger partial charge in [0.15, 0.2) is 0 Å². The summed E-state index contributed by atoms with van der Waals surface area (Å²) < 4.78 is 17.7. The van der Waals surface area contributed by atoms with Gasteiger partial charge in [-0.1, -0.05) is 18.2 Å². The Bertz CT molecular complexity index is 644. The molecule has 4 nitrogen and oxygen atoms in total. The molecular weight excluding hydrogens is 271 g/mol. The number of carbonyl (C=O) groups excluding carboxylic acids is 1. The number of methoxy groups -OCH3 is 1. The van der Waals surface area contributed by atoms with Crippen molar-refractivity contribution in [2.45, 2.75) is 13.5 Å². The summed E-state index contributed by atoms with van der Waals surface area (Å²) in [6, 6.07) is 12.3. The van der Waals surface area contributed by atoms with Crippen LogP contribution in [0.2, 0.25) is 0 Å². The third kappa shape index (κ3) is 4.21. The van der Waals surface area contributed by atoms with Gasteiger partial charge in [0.2, 0.25) is 0 Å². The van der Waals surface area contributed by atoms with Crippen molar-refractivity contribution in [3.63, 3.8) is 0 Å². The topological polar surface area (TPSA) is 50.4 Å². The lowest BCUT2D eigenvalue weighted by atomic mass is 10.1. The molecule has 2 N–H and O–H groups in total. The Labute approximate surface area is 122 Å². The summed E-state index contributed by atoms with van der Waals surface area (Å²) >= 11 is 0. The molecule has 2 aromatic carbocycles. The average molecular weight is 288 g/mol. The number of rotatable bonds is 4. The van der Waals surface area contributed by atoms with Crippen LogP contribution in [-0.4, -0.2) is 13.2 Å². The fourth-order valence-corrected chi connectivity index (χ4v) is 1.90. The van der Waals surface area contributed by atoms with E-state index in [9.17, 15) is 9.18 Å². The highest BCUT2D eigenvalue weighted by Crippen LogP contribution is 2.17. The minimum atomic E-state index is -0.513. The van der Waals surface area contributed by atoms with Crippen molar-refractivity contribution in [1.82, 2.24) is 0 Å². The fourth-order valence-electron chi connectivity index (χ4n) is 1.90. The third-order valence-corrected chi connectivity index (χ3v) is 3.01. The second kappa shape index (κ2) is 6.74. The van der Waals surface area contributed by atoms with Crippen LogP contribution in [0.25, 0.3) is 0 Å². The molecule has 0 aliphatic carbocycles. The molecule has 2 aromatic rings. The lowest BCUT2D eigenvalue weighted by molar-refractivity contribution is 0.187. The molecule has 0 heterocycles. The molecule has 0 aliphatic heterocycles. The van der Waals surface area contributed by atoms with Gasteiger partial charge in [-0.2, -0.15) is 0 Å². The number of aryl methyl sites for hydroxylation is 1. The molecule has 0 aliphatic rings. The molecule has 1 amide bonds. The van der Waals surface area contributed by atoms with E-state index in [4.69, 9.17) is 0 Å². The molecular formula is C16H17FN2O2. The highest BCUT2D eigenvalue weighted by molar-refractivity contribution is 5.85. The van der Waals surface area contributed by atoms with Crippen LogP contribution in [0.3, 0.4) is 0 Å². The van der Waals surface area contributed by atoms with Gasteiger partial charge >= 0.3 is 6.09 Å². The maximum atomic E-state index is 13.2. The molecule has 0 atom stereocenters. The monoisotopic (exact) mass is 288 g/mol. The SMILES string of the molecule is COC(=O)Nc1cccc(NCc2ccc(F)c(C)c2)c1. The number of anilines is 2. The van der Waals surface area contributed by atoms with Gasteiger partial charge in [-0.15, -0.1) is 0 Å². The summed E-state index contributed by atoms with van der Waals surface area (Å²) in [4.78, 5) is 11.2. The summed E-state index contributed by atoms with van der Waals surface area (Å²) in [5.41, 5.74) is 3.10. The van der Waals surface area contributed by atoms with Crippen LogP contribution in [0.1, 0.15) is 11.1 Å². The van der Waals surface area contributed by atoms with Crippen LogP contribution < -0.4 is 10.6 Å². The minimum Gasteiger partial charge on any atom is -0.453 e. The van der Waals surface area contributed by atoms with E-state index >= 15 is 0 Å². The maximum absolute atomic E-state index is 13.2. The highest BCUT2D eigenvalue weighted by atomic mass is 19.1. The maximum Gasteiger partial charge on any atom is 0.411 e. The van der Waals surface area contributed by atoms with Crippen molar-refractivity contribution in [1.29, 1.82) is 0 Å². The number of hydrogen-bond acceptors (Lipinski definition) is 3. The molecule has 2 rings (SSSR count). The van der Waals surface area contributed by atoms with Gasteiger partial charge < -0.3 is 10.1 Å². The summed E-state index contributed by atoms with van der Waals surface area (Å²) in [7, 11) is 1.31. The van der Waals surface area contributed by atoms with Gasteiger partial charge in [-0.3, -0.25) is 5.32 Å². The Kier molecular flexibility index (Phi) is 4.77. The number of halogens is 1. The molecule has 0 aromatic heterocycles. The standard InChI is InChI=1S/C16H17FN2O2/c1-11-8-12(6-7-15(11)17)10-18-13-4-3-5-14(9-13)19-16(20)21-2/h3-9,18H,10H2,1-2H3,(H,19,20). The molecule has 0 saturated heterocycles. The van der Waals surface area contributed by atoms with Crippen LogP contribution in [-0.2, 0) is 11.3 Å². The molecule has 0 saturated carbocycles. The minimum absolute atomic E-state index is 0.206. The van der Waals surface area contributed by atoms with E-state index in [2.05, 4.69) is 15.4 Å². The van der Waals surface area contributed by atoms with Crippen molar-refractivity contribution >= 4 is 17.5 Å².